The summed E-state index contributed by atoms with van der Waals surface area (Å²) in [5, 5.41) is 3.77. The molecule has 0 atom stereocenters. The first-order valence-corrected chi connectivity index (χ1v) is 12.4. The number of aromatic nitrogens is 2. The molecular weight excluding hydrogens is 482 g/mol. The molecule has 1 aliphatic rings. The van der Waals surface area contributed by atoms with Gasteiger partial charge in [-0.1, -0.05) is 23.4 Å². The molecule has 0 aliphatic carbocycles. The highest BCUT2D eigenvalue weighted by atomic mass is 35.5. The molecule has 0 radical (unpaired) electrons. The van der Waals surface area contributed by atoms with Gasteiger partial charge in [-0.25, -0.2) is 14.8 Å². The Bertz CT molecular complexity index is 1180. The number of nitrogens with one attached hydrogen (secondary N) is 1. The SMILES string of the molecule is CCNc1nc2cc(C#CCOC(C)=O)c(Cl)cc2nc1N1CCC(N(C)C(=O)OC(C)(C)C)CC1. The van der Waals surface area contributed by atoms with Crippen LogP contribution in [0.25, 0.3) is 11.0 Å². The van der Waals surface area contributed by atoms with Crippen molar-refractivity contribution < 1.29 is 19.1 Å². The van der Waals surface area contributed by atoms with Gasteiger partial charge in [0.25, 0.3) is 0 Å². The molecule has 1 aliphatic heterocycles. The topological polar surface area (TPSA) is 96.9 Å². The summed E-state index contributed by atoms with van der Waals surface area (Å²) in [5.41, 5.74) is 1.39. The van der Waals surface area contributed by atoms with Gasteiger partial charge in [-0.2, -0.15) is 0 Å². The van der Waals surface area contributed by atoms with E-state index in [0.29, 0.717) is 34.0 Å². The number of hydrogen-bond acceptors (Lipinski definition) is 8. The van der Waals surface area contributed by atoms with E-state index in [1.165, 1.54) is 6.92 Å². The molecule has 1 aromatic carbocycles. The molecule has 3 rings (SSSR count). The Balaban J connectivity index is 1.80. The molecule has 36 heavy (non-hydrogen) atoms. The molecule has 2 aromatic rings. The number of nitrogens with zero attached hydrogens (tertiary/aromatic N) is 4. The summed E-state index contributed by atoms with van der Waals surface area (Å²) in [5.74, 6) is 6.77. The number of fused-ring (bicyclic) bond motifs is 1. The number of anilines is 2. The van der Waals surface area contributed by atoms with Crippen molar-refractivity contribution in [2.75, 3.05) is 43.5 Å². The maximum atomic E-state index is 12.5. The number of esters is 1. The highest BCUT2D eigenvalue weighted by Gasteiger charge is 2.30. The van der Waals surface area contributed by atoms with Gasteiger partial charge in [0.2, 0.25) is 0 Å². The summed E-state index contributed by atoms with van der Waals surface area (Å²) >= 11 is 6.46. The van der Waals surface area contributed by atoms with Crippen LogP contribution in [0.4, 0.5) is 16.4 Å². The average Bonchev–Trinajstić information content (AvgIpc) is 2.80. The summed E-state index contributed by atoms with van der Waals surface area (Å²) in [6.07, 6.45) is 1.28. The second-order valence-corrected chi connectivity index (χ2v) is 10.0. The Morgan fingerprint density at radius 3 is 2.50 bits per heavy atom. The van der Waals surface area contributed by atoms with Crippen molar-refractivity contribution >= 4 is 46.3 Å². The first-order chi connectivity index (χ1) is 17.0. The summed E-state index contributed by atoms with van der Waals surface area (Å²) in [4.78, 5) is 37.0. The zero-order chi connectivity index (χ0) is 26.5. The standard InChI is InChI=1S/C26H34ClN5O4/c1-7-28-23-24(32-12-10-19(11-13-32)31(6)25(34)36-26(3,4)5)30-22-16-20(27)18(15-21(22)29-23)9-8-14-35-17(2)33/h15-16,19H,7,10-14H2,1-6H3,(H,28,29). The zero-order valence-electron chi connectivity index (χ0n) is 21.8. The fourth-order valence-electron chi connectivity index (χ4n) is 3.89. The smallest absolute Gasteiger partial charge is 0.410 e. The molecule has 1 amide bonds. The lowest BCUT2D eigenvalue weighted by Crippen LogP contribution is -2.47. The molecule has 0 spiro atoms. The van der Waals surface area contributed by atoms with Gasteiger partial charge in [0.05, 0.1) is 16.1 Å². The predicted octanol–water partition coefficient (Wildman–Crippen LogP) is 4.47. The van der Waals surface area contributed by atoms with Crippen molar-refractivity contribution in [2.24, 2.45) is 0 Å². The number of amides is 1. The molecule has 0 saturated carbocycles. The number of hydrogen-bond donors (Lipinski definition) is 1. The van der Waals surface area contributed by atoms with Crippen molar-refractivity contribution in [3.63, 3.8) is 0 Å². The van der Waals surface area contributed by atoms with E-state index in [1.54, 1.807) is 24.1 Å². The second kappa shape index (κ2) is 11.7. The number of benzene rings is 1. The van der Waals surface area contributed by atoms with Crippen LogP contribution in [0.2, 0.25) is 5.02 Å². The van der Waals surface area contributed by atoms with Crippen molar-refractivity contribution in [3.05, 3.63) is 22.7 Å². The van der Waals surface area contributed by atoms with Crippen LogP contribution in [0, 0.1) is 11.8 Å². The van der Waals surface area contributed by atoms with E-state index in [1.807, 2.05) is 27.7 Å². The molecular formula is C26H34ClN5O4. The van der Waals surface area contributed by atoms with Crippen LogP contribution in [0.15, 0.2) is 12.1 Å². The van der Waals surface area contributed by atoms with E-state index in [2.05, 4.69) is 22.1 Å². The Labute approximate surface area is 217 Å². The van der Waals surface area contributed by atoms with Gasteiger partial charge >= 0.3 is 12.1 Å². The first-order valence-electron chi connectivity index (χ1n) is 12.1. The lowest BCUT2D eigenvalue weighted by atomic mass is 10.0. The molecule has 10 heteroatoms. The number of carbonyl (C=O) groups is 2. The van der Waals surface area contributed by atoms with E-state index in [-0.39, 0.29) is 24.7 Å². The van der Waals surface area contributed by atoms with Crippen LogP contribution < -0.4 is 10.2 Å². The Morgan fingerprint density at radius 2 is 1.89 bits per heavy atom. The third kappa shape index (κ3) is 7.14. The number of rotatable bonds is 5. The van der Waals surface area contributed by atoms with Gasteiger partial charge in [-0.3, -0.25) is 4.79 Å². The molecule has 0 unspecified atom stereocenters. The van der Waals surface area contributed by atoms with Crippen LogP contribution in [-0.4, -0.2) is 71.9 Å². The molecule has 194 valence electrons. The summed E-state index contributed by atoms with van der Waals surface area (Å²) in [6.45, 7) is 11.1. The zero-order valence-corrected chi connectivity index (χ0v) is 22.5. The average molecular weight is 516 g/mol. The van der Waals surface area contributed by atoms with Crippen molar-refractivity contribution in [2.45, 2.75) is 59.1 Å². The number of carbonyl (C=O) groups excluding carboxylic acids is 2. The third-order valence-corrected chi connectivity index (χ3v) is 5.96. The number of piperidine rings is 1. The fraction of sp³-hybridized carbons (Fsp3) is 0.538. The quantitative estimate of drug-likeness (QED) is 0.460. The highest BCUT2D eigenvalue weighted by molar-refractivity contribution is 6.32. The maximum absolute atomic E-state index is 12.5. The van der Waals surface area contributed by atoms with Gasteiger partial charge in [-0.15, -0.1) is 0 Å². The van der Waals surface area contributed by atoms with Crippen LogP contribution in [0.1, 0.15) is 53.0 Å². The van der Waals surface area contributed by atoms with Crippen LogP contribution >= 0.6 is 11.6 Å². The maximum Gasteiger partial charge on any atom is 0.410 e. The number of ether oxygens (including phenoxy) is 2. The Kier molecular flexibility index (Phi) is 8.85. The predicted molar refractivity (Wildman–Crippen MR) is 141 cm³/mol. The van der Waals surface area contributed by atoms with Gasteiger partial charge in [0, 0.05) is 45.2 Å². The van der Waals surface area contributed by atoms with E-state index in [9.17, 15) is 9.59 Å². The minimum atomic E-state index is -0.525. The summed E-state index contributed by atoms with van der Waals surface area (Å²) < 4.78 is 10.4. The fourth-order valence-corrected chi connectivity index (χ4v) is 4.09. The van der Waals surface area contributed by atoms with Crippen molar-refractivity contribution in [3.8, 4) is 11.8 Å². The van der Waals surface area contributed by atoms with Gasteiger partial charge in [0.1, 0.15) is 5.60 Å². The minimum Gasteiger partial charge on any atom is -0.453 e. The Morgan fingerprint density at radius 1 is 1.22 bits per heavy atom. The summed E-state index contributed by atoms with van der Waals surface area (Å²) in [7, 11) is 1.79. The minimum absolute atomic E-state index is 0.00394. The van der Waals surface area contributed by atoms with Gasteiger partial charge < -0.3 is 24.6 Å². The lowest BCUT2D eigenvalue weighted by molar-refractivity contribution is -0.139. The largest absolute Gasteiger partial charge is 0.453 e. The molecule has 0 bridgehead atoms. The monoisotopic (exact) mass is 515 g/mol. The molecule has 1 N–H and O–H groups in total. The summed E-state index contributed by atoms with van der Waals surface area (Å²) in [6, 6.07) is 3.63. The van der Waals surface area contributed by atoms with E-state index in [4.69, 9.17) is 31.0 Å². The second-order valence-electron chi connectivity index (χ2n) is 9.64. The van der Waals surface area contributed by atoms with Gasteiger partial charge in [-0.05, 0) is 52.7 Å². The highest BCUT2D eigenvalue weighted by Crippen LogP contribution is 2.31. The van der Waals surface area contributed by atoms with E-state index < -0.39 is 5.60 Å². The lowest BCUT2D eigenvalue weighted by Gasteiger charge is -2.38. The molecule has 1 aromatic heterocycles. The van der Waals surface area contributed by atoms with E-state index in [0.717, 1.165) is 31.7 Å². The normalized spacial score (nSPS) is 14.1. The molecule has 1 saturated heterocycles. The van der Waals surface area contributed by atoms with Crippen LogP contribution in [0.5, 0.6) is 0 Å². The first kappa shape index (κ1) is 27.3. The van der Waals surface area contributed by atoms with Crippen LogP contribution in [0.3, 0.4) is 0 Å². The third-order valence-electron chi connectivity index (χ3n) is 5.64. The van der Waals surface area contributed by atoms with Gasteiger partial charge in [0.15, 0.2) is 18.2 Å². The van der Waals surface area contributed by atoms with Crippen molar-refractivity contribution in [1.29, 1.82) is 0 Å². The Hall–Kier alpha value is -3.25. The number of halogens is 1. The van der Waals surface area contributed by atoms with E-state index >= 15 is 0 Å². The molecule has 9 nitrogen and oxygen atoms in total. The van der Waals surface area contributed by atoms with Crippen molar-refractivity contribution in [1.82, 2.24) is 14.9 Å². The molecule has 2 heterocycles. The van der Waals surface area contributed by atoms with Crippen LogP contribution in [-0.2, 0) is 14.3 Å². The molecule has 1 fully saturated rings.